The number of nitrogens with zero attached hydrogens (tertiary/aromatic N) is 1. The second-order valence-corrected chi connectivity index (χ2v) is 5.40. The van der Waals surface area contributed by atoms with Crippen molar-refractivity contribution in [3.63, 3.8) is 0 Å². The van der Waals surface area contributed by atoms with Crippen LogP contribution < -0.4 is 10.2 Å². The molecule has 0 saturated carbocycles. The van der Waals surface area contributed by atoms with Gasteiger partial charge in [0.2, 0.25) is 17.1 Å². The molecular formula is C16H9ClF3NO4. The normalized spacial score (nSPS) is 11.7. The zero-order chi connectivity index (χ0) is 18.4. The lowest BCUT2D eigenvalue weighted by atomic mass is 10.1. The Kier molecular flexibility index (Phi) is 4.08. The number of benzene rings is 1. The molecule has 3 rings (SSSR count). The number of pyridine rings is 1. The summed E-state index contributed by atoms with van der Waals surface area (Å²) in [5, 5.41) is 9.98. The molecule has 130 valence electrons. The number of rotatable bonds is 2. The van der Waals surface area contributed by atoms with Gasteiger partial charge >= 0.3 is 6.18 Å². The first-order valence-electron chi connectivity index (χ1n) is 6.80. The van der Waals surface area contributed by atoms with Gasteiger partial charge in [0.1, 0.15) is 16.1 Å². The molecule has 0 aliphatic carbocycles. The average molecular weight is 372 g/mol. The molecule has 0 unspecified atom stereocenters. The van der Waals surface area contributed by atoms with Crippen LogP contribution in [0.4, 0.5) is 13.2 Å². The lowest BCUT2D eigenvalue weighted by Gasteiger charge is -2.10. The van der Waals surface area contributed by atoms with Crippen molar-refractivity contribution in [1.82, 2.24) is 4.98 Å². The molecule has 9 heteroatoms. The van der Waals surface area contributed by atoms with Crippen molar-refractivity contribution in [3.05, 3.63) is 51.3 Å². The van der Waals surface area contributed by atoms with Crippen molar-refractivity contribution in [1.29, 1.82) is 0 Å². The summed E-state index contributed by atoms with van der Waals surface area (Å²) in [6, 6.07) is 5.06. The van der Waals surface area contributed by atoms with Crippen molar-refractivity contribution >= 4 is 22.6 Å². The highest BCUT2D eigenvalue weighted by Crippen LogP contribution is 2.35. The number of aromatic nitrogens is 1. The minimum atomic E-state index is -4.50. The molecule has 5 nitrogen and oxygen atoms in total. The standard InChI is InChI=1S/C16H9ClF3NO4/c1-24-15-11-9(6-10(17)21-15)25-14(13(23)12(11)22)7-2-4-8(5-3-7)16(18,19)20/h2-6,23H,1H3. The Hall–Kier alpha value is -2.74. The fourth-order valence-corrected chi connectivity index (χ4v) is 2.47. The molecule has 2 aromatic heterocycles. The summed E-state index contributed by atoms with van der Waals surface area (Å²) >= 11 is 5.82. The molecule has 0 bridgehead atoms. The fraction of sp³-hybridized carbons (Fsp3) is 0.125. The van der Waals surface area contributed by atoms with Crippen LogP contribution in [-0.4, -0.2) is 17.2 Å². The third-order valence-electron chi connectivity index (χ3n) is 3.46. The van der Waals surface area contributed by atoms with E-state index in [1.807, 2.05) is 0 Å². The van der Waals surface area contributed by atoms with Crippen molar-refractivity contribution in [2.45, 2.75) is 6.18 Å². The van der Waals surface area contributed by atoms with E-state index in [0.29, 0.717) is 0 Å². The SMILES string of the molecule is COc1nc(Cl)cc2oc(-c3ccc(C(F)(F)F)cc3)c(O)c(=O)c12. The van der Waals surface area contributed by atoms with Gasteiger partial charge in [-0.2, -0.15) is 13.2 Å². The predicted molar refractivity (Wildman–Crippen MR) is 83.9 cm³/mol. The van der Waals surface area contributed by atoms with E-state index in [4.69, 9.17) is 20.8 Å². The Morgan fingerprint density at radius 1 is 1.24 bits per heavy atom. The van der Waals surface area contributed by atoms with Gasteiger partial charge in [-0.25, -0.2) is 4.98 Å². The molecule has 1 N–H and O–H groups in total. The highest BCUT2D eigenvalue weighted by atomic mass is 35.5. The molecule has 0 amide bonds. The number of fused-ring (bicyclic) bond motifs is 1. The zero-order valence-electron chi connectivity index (χ0n) is 12.5. The second kappa shape index (κ2) is 5.96. The van der Waals surface area contributed by atoms with Gasteiger partial charge in [0.15, 0.2) is 5.76 Å². The minimum Gasteiger partial charge on any atom is -0.502 e. The van der Waals surface area contributed by atoms with Crippen LogP contribution in [0.15, 0.2) is 39.5 Å². The summed E-state index contributed by atoms with van der Waals surface area (Å²) < 4.78 is 48.4. The quantitative estimate of drug-likeness (QED) is 0.682. The number of halogens is 4. The number of aromatic hydroxyl groups is 1. The van der Waals surface area contributed by atoms with E-state index < -0.39 is 22.9 Å². The van der Waals surface area contributed by atoms with Gasteiger partial charge in [0.25, 0.3) is 0 Å². The van der Waals surface area contributed by atoms with Crippen molar-refractivity contribution in [3.8, 4) is 23.0 Å². The van der Waals surface area contributed by atoms with Gasteiger partial charge in [-0.3, -0.25) is 4.79 Å². The summed E-state index contributed by atoms with van der Waals surface area (Å²) in [6.07, 6.45) is -4.50. The Morgan fingerprint density at radius 2 is 1.88 bits per heavy atom. The molecule has 0 radical (unpaired) electrons. The van der Waals surface area contributed by atoms with Crippen LogP contribution in [-0.2, 0) is 6.18 Å². The maximum absolute atomic E-state index is 12.6. The molecule has 2 heterocycles. The van der Waals surface area contributed by atoms with Gasteiger partial charge in [-0.1, -0.05) is 23.7 Å². The molecular weight excluding hydrogens is 363 g/mol. The monoisotopic (exact) mass is 371 g/mol. The maximum atomic E-state index is 12.6. The van der Waals surface area contributed by atoms with Crippen molar-refractivity contribution in [2.75, 3.05) is 7.11 Å². The lowest BCUT2D eigenvalue weighted by Crippen LogP contribution is -2.06. The highest BCUT2D eigenvalue weighted by Gasteiger charge is 2.30. The second-order valence-electron chi connectivity index (χ2n) is 5.01. The third-order valence-corrected chi connectivity index (χ3v) is 3.65. The average Bonchev–Trinajstić information content (AvgIpc) is 2.56. The van der Waals surface area contributed by atoms with Crippen LogP contribution in [0.1, 0.15) is 5.56 Å². The van der Waals surface area contributed by atoms with Crippen molar-refractivity contribution in [2.24, 2.45) is 0 Å². The first kappa shape index (κ1) is 17.1. The third kappa shape index (κ3) is 3.00. The smallest absolute Gasteiger partial charge is 0.416 e. The van der Waals surface area contributed by atoms with Gasteiger partial charge in [-0.05, 0) is 12.1 Å². The summed E-state index contributed by atoms with van der Waals surface area (Å²) in [5.74, 6) is -1.18. The van der Waals surface area contributed by atoms with Crippen LogP contribution in [0.5, 0.6) is 11.6 Å². The van der Waals surface area contributed by atoms with E-state index in [0.717, 1.165) is 24.3 Å². The van der Waals surface area contributed by atoms with E-state index in [-0.39, 0.29) is 33.3 Å². The molecule has 0 aliphatic rings. The number of ether oxygens (including phenoxy) is 1. The molecule has 1 aromatic carbocycles. The molecule has 0 fully saturated rings. The predicted octanol–water partition coefficient (Wildman–Crippen LogP) is 4.24. The lowest BCUT2D eigenvalue weighted by molar-refractivity contribution is -0.137. The van der Waals surface area contributed by atoms with Crippen LogP contribution in [0.3, 0.4) is 0 Å². The van der Waals surface area contributed by atoms with E-state index in [1.54, 1.807) is 0 Å². The molecule has 3 aromatic rings. The van der Waals surface area contributed by atoms with Crippen LogP contribution in [0.2, 0.25) is 5.15 Å². The molecule has 0 saturated heterocycles. The zero-order valence-corrected chi connectivity index (χ0v) is 13.3. The van der Waals surface area contributed by atoms with Gasteiger partial charge in [-0.15, -0.1) is 0 Å². The number of hydrogen-bond donors (Lipinski definition) is 1. The Labute approximate surface area is 143 Å². The summed E-state index contributed by atoms with van der Waals surface area (Å²) in [4.78, 5) is 16.2. The molecule has 0 spiro atoms. The topological polar surface area (TPSA) is 72.6 Å². The van der Waals surface area contributed by atoms with Crippen LogP contribution >= 0.6 is 11.6 Å². The molecule has 25 heavy (non-hydrogen) atoms. The van der Waals surface area contributed by atoms with E-state index >= 15 is 0 Å². The Balaban J connectivity index is 2.24. The first-order chi connectivity index (χ1) is 11.7. The summed E-state index contributed by atoms with van der Waals surface area (Å²) in [7, 11) is 1.26. The number of methoxy groups -OCH3 is 1. The van der Waals surface area contributed by atoms with Gasteiger partial charge in [0.05, 0.1) is 12.7 Å². The maximum Gasteiger partial charge on any atom is 0.416 e. The van der Waals surface area contributed by atoms with Crippen molar-refractivity contribution < 1.29 is 27.4 Å². The highest BCUT2D eigenvalue weighted by molar-refractivity contribution is 6.30. The van der Waals surface area contributed by atoms with Crippen LogP contribution in [0, 0.1) is 0 Å². The molecule has 0 atom stereocenters. The summed E-state index contributed by atoms with van der Waals surface area (Å²) in [6.45, 7) is 0. The van der Waals surface area contributed by atoms with E-state index in [2.05, 4.69) is 4.98 Å². The van der Waals surface area contributed by atoms with Crippen LogP contribution in [0.25, 0.3) is 22.3 Å². The Morgan fingerprint density at radius 3 is 2.44 bits per heavy atom. The number of hydrogen-bond acceptors (Lipinski definition) is 5. The first-order valence-corrected chi connectivity index (χ1v) is 7.18. The summed E-state index contributed by atoms with van der Waals surface area (Å²) in [5.41, 5.74) is -1.63. The fourth-order valence-electron chi connectivity index (χ4n) is 2.29. The largest absolute Gasteiger partial charge is 0.502 e. The van der Waals surface area contributed by atoms with Gasteiger partial charge < -0.3 is 14.3 Å². The Bertz CT molecular complexity index is 1010. The van der Waals surface area contributed by atoms with E-state index in [1.165, 1.54) is 13.2 Å². The van der Waals surface area contributed by atoms with Gasteiger partial charge in [0, 0.05) is 11.6 Å². The van der Waals surface area contributed by atoms with E-state index in [9.17, 15) is 23.1 Å². The molecule has 0 aliphatic heterocycles. The number of alkyl halides is 3. The minimum absolute atomic E-state index is 0.0171.